The number of furan rings is 1. The highest BCUT2D eigenvalue weighted by Crippen LogP contribution is 2.20. The zero-order valence-corrected chi connectivity index (χ0v) is 11.4. The summed E-state index contributed by atoms with van der Waals surface area (Å²) < 4.78 is 41.6. The topological polar surface area (TPSA) is 28.4 Å². The zero-order valence-electron chi connectivity index (χ0n) is 11.4. The predicted molar refractivity (Wildman–Crippen MR) is 67.7 cm³/mol. The average Bonchev–Trinajstić information content (AvgIpc) is 2.74. The Morgan fingerprint density at radius 3 is 2.74 bits per heavy atom. The molecule has 0 aliphatic carbocycles. The molecule has 1 N–H and O–H groups in total. The van der Waals surface area contributed by atoms with Crippen molar-refractivity contribution in [2.75, 3.05) is 20.1 Å². The summed E-state index contributed by atoms with van der Waals surface area (Å²) in [5, 5.41) is 3.24. The van der Waals surface area contributed by atoms with E-state index in [-0.39, 0.29) is 6.54 Å². The lowest BCUT2D eigenvalue weighted by molar-refractivity contribution is -0.137. The van der Waals surface area contributed by atoms with Crippen LogP contribution < -0.4 is 5.32 Å². The molecule has 110 valence electrons. The van der Waals surface area contributed by atoms with Crippen LogP contribution >= 0.6 is 0 Å². The number of rotatable bonds is 8. The van der Waals surface area contributed by atoms with E-state index in [1.165, 1.54) is 0 Å². The van der Waals surface area contributed by atoms with Crippen molar-refractivity contribution in [3.63, 3.8) is 0 Å². The molecule has 6 heteroatoms. The summed E-state index contributed by atoms with van der Waals surface area (Å²) in [5.41, 5.74) is 1.02. The van der Waals surface area contributed by atoms with Crippen LogP contribution in [0.4, 0.5) is 13.2 Å². The van der Waals surface area contributed by atoms with Gasteiger partial charge in [-0.15, -0.1) is 0 Å². The van der Waals surface area contributed by atoms with Crippen LogP contribution in [0.1, 0.15) is 31.1 Å². The fourth-order valence-corrected chi connectivity index (χ4v) is 1.67. The minimum Gasteiger partial charge on any atom is -0.468 e. The van der Waals surface area contributed by atoms with Gasteiger partial charge in [-0.3, -0.25) is 4.90 Å². The number of hydrogen-bond acceptors (Lipinski definition) is 3. The number of nitrogens with one attached hydrogen (secondary N) is 1. The van der Waals surface area contributed by atoms with Crippen LogP contribution in [-0.4, -0.2) is 31.2 Å². The summed E-state index contributed by atoms with van der Waals surface area (Å²) in [5.74, 6) is 0.693. The molecule has 0 unspecified atom stereocenters. The highest BCUT2D eigenvalue weighted by atomic mass is 19.4. The summed E-state index contributed by atoms with van der Waals surface area (Å²) in [6.45, 7) is 4.12. The van der Waals surface area contributed by atoms with Gasteiger partial charge in [0.15, 0.2) is 0 Å². The fourth-order valence-electron chi connectivity index (χ4n) is 1.67. The number of alkyl halides is 3. The normalized spacial score (nSPS) is 12.3. The third-order valence-electron chi connectivity index (χ3n) is 2.67. The van der Waals surface area contributed by atoms with Crippen molar-refractivity contribution in [1.29, 1.82) is 0 Å². The van der Waals surface area contributed by atoms with Crippen LogP contribution in [0.25, 0.3) is 0 Å². The van der Waals surface area contributed by atoms with Gasteiger partial charge in [-0.2, -0.15) is 13.2 Å². The van der Waals surface area contributed by atoms with Crippen molar-refractivity contribution in [3.05, 3.63) is 23.7 Å². The smallest absolute Gasteiger partial charge is 0.390 e. The van der Waals surface area contributed by atoms with Gasteiger partial charge in [0.2, 0.25) is 0 Å². The van der Waals surface area contributed by atoms with E-state index in [0.717, 1.165) is 25.1 Å². The summed E-state index contributed by atoms with van der Waals surface area (Å²) in [6.07, 6.45) is -2.19. The van der Waals surface area contributed by atoms with Gasteiger partial charge in [0.1, 0.15) is 5.76 Å². The molecule has 0 bridgehead atoms. The third kappa shape index (κ3) is 7.22. The average molecular weight is 278 g/mol. The Morgan fingerprint density at radius 1 is 1.37 bits per heavy atom. The highest BCUT2D eigenvalue weighted by Gasteiger charge is 2.27. The van der Waals surface area contributed by atoms with Gasteiger partial charge in [0, 0.05) is 18.7 Å². The van der Waals surface area contributed by atoms with Crippen molar-refractivity contribution in [1.82, 2.24) is 10.2 Å². The molecule has 0 radical (unpaired) electrons. The molecule has 0 spiro atoms. The second kappa shape index (κ2) is 7.55. The molecule has 0 saturated carbocycles. The van der Waals surface area contributed by atoms with Gasteiger partial charge < -0.3 is 9.73 Å². The quantitative estimate of drug-likeness (QED) is 0.740. The number of hydrogen-bond donors (Lipinski definition) is 1. The number of nitrogens with zero attached hydrogens (tertiary/aromatic N) is 1. The maximum atomic E-state index is 12.1. The molecule has 0 amide bonds. The van der Waals surface area contributed by atoms with Crippen molar-refractivity contribution < 1.29 is 17.6 Å². The van der Waals surface area contributed by atoms with Crippen LogP contribution in [0.2, 0.25) is 0 Å². The molecule has 0 atom stereocenters. The molecule has 0 fully saturated rings. The van der Waals surface area contributed by atoms with E-state index in [2.05, 4.69) is 12.2 Å². The molecular formula is C13H21F3N2O. The Kier molecular flexibility index (Phi) is 6.37. The van der Waals surface area contributed by atoms with E-state index in [0.29, 0.717) is 12.3 Å². The lowest BCUT2D eigenvalue weighted by Gasteiger charge is -2.15. The minimum absolute atomic E-state index is 0.0202. The predicted octanol–water partition coefficient (Wildman–Crippen LogP) is 3.16. The van der Waals surface area contributed by atoms with E-state index in [9.17, 15) is 13.2 Å². The SMILES string of the molecule is CCCNCc1coc(CN(C)CCC(F)(F)F)c1. The molecule has 19 heavy (non-hydrogen) atoms. The van der Waals surface area contributed by atoms with E-state index in [4.69, 9.17) is 4.42 Å². The second-order valence-corrected chi connectivity index (χ2v) is 4.70. The van der Waals surface area contributed by atoms with Gasteiger partial charge in [-0.25, -0.2) is 0 Å². The standard InChI is InChI=1S/C13H21F3N2O/c1-3-5-17-8-11-7-12(19-10-11)9-18(2)6-4-13(14,15)16/h7,10,17H,3-6,8-9H2,1-2H3. The third-order valence-corrected chi connectivity index (χ3v) is 2.67. The van der Waals surface area contributed by atoms with Crippen LogP contribution in [0.5, 0.6) is 0 Å². The molecular weight excluding hydrogens is 257 g/mol. The second-order valence-electron chi connectivity index (χ2n) is 4.70. The molecule has 0 aromatic carbocycles. The fraction of sp³-hybridized carbons (Fsp3) is 0.692. The van der Waals surface area contributed by atoms with E-state index >= 15 is 0 Å². The van der Waals surface area contributed by atoms with E-state index < -0.39 is 12.6 Å². The molecule has 1 rings (SSSR count). The van der Waals surface area contributed by atoms with Crippen LogP contribution in [0, 0.1) is 0 Å². The van der Waals surface area contributed by atoms with Gasteiger partial charge in [-0.05, 0) is 26.1 Å². The lowest BCUT2D eigenvalue weighted by Crippen LogP contribution is -2.23. The summed E-state index contributed by atoms with van der Waals surface area (Å²) in [4.78, 5) is 1.61. The molecule has 0 aliphatic heterocycles. The largest absolute Gasteiger partial charge is 0.468 e. The monoisotopic (exact) mass is 278 g/mol. The first kappa shape index (κ1) is 16.0. The summed E-state index contributed by atoms with van der Waals surface area (Å²) >= 11 is 0. The molecule has 1 heterocycles. The Morgan fingerprint density at radius 2 is 2.11 bits per heavy atom. The van der Waals surface area contributed by atoms with E-state index in [1.807, 2.05) is 6.07 Å². The minimum atomic E-state index is -4.10. The van der Waals surface area contributed by atoms with Crippen LogP contribution in [-0.2, 0) is 13.1 Å². The van der Waals surface area contributed by atoms with E-state index in [1.54, 1.807) is 18.2 Å². The van der Waals surface area contributed by atoms with Crippen molar-refractivity contribution in [3.8, 4) is 0 Å². The Hall–Kier alpha value is -1.01. The first-order valence-corrected chi connectivity index (χ1v) is 6.43. The van der Waals surface area contributed by atoms with Crippen molar-refractivity contribution in [2.24, 2.45) is 0 Å². The van der Waals surface area contributed by atoms with Crippen molar-refractivity contribution in [2.45, 2.75) is 39.0 Å². The Balaban J connectivity index is 2.32. The van der Waals surface area contributed by atoms with Crippen molar-refractivity contribution >= 4 is 0 Å². The molecule has 3 nitrogen and oxygen atoms in total. The summed E-state index contributed by atoms with van der Waals surface area (Å²) in [6, 6.07) is 1.88. The molecule has 0 saturated heterocycles. The molecule has 0 aliphatic rings. The summed E-state index contributed by atoms with van der Waals surface area (Å²) in [7, 11) is 1.66. The van der Waals surface area contributed by atoms with Crippen LogP contribution in [0.15, 0.2) is 16.7 Å². The maximum absolute atomic E-state index is 12.1. The first-order chi connectivity index (χ1) is 8.90. The maximum Gasteiger partial charge on any atom is 0.390 e. The Labute approximate surface area is 111 Å². The number of halogens is 3. The molecule has 1 aromatic heterocycles. The molecule has 1 aromatic rings. The van der Waals surface area contributed by atoms with Gasteiger partial charge in [0.05, 0.1) is 19.2 Å². The highest BCUT2D eigenvalue weighted by molar-refractivity contribution is 5.12. The lowest BCUT2D eigenvalue weighted by atomic mass is 10.3. The van der Waals surface area contributed by atoms with Gasteiger partial charge in [-0.1, -0.05) is 6.92 Å². The Bertz CT molecular complexity index is 363. The van der Waals surface area contributed by atoms with Gasteiger partial charge in [0.25, 0.3) is 0 Å². The zero-order chi connectivity index (χ0) is 14.3. The van der Waals surface area contributed by atoms with Gasteiger partial charge >= 0.3 is 6.18 Å². The van der Waals surface area contributed by atoms with Crippen LogP contribution in [0.3, 0.4) is 0 Å². The first-order valence-electron chi connectivity index (χ1n) is 6.43.